The first kappa shape index (κ1) is 14.7. The summed E-state index contributed by atoms with van der Waals surface area (Å²) in [5.74, 6) is 0.0855. The summed E-state index contributed by atoms with van der Waals surface area (Å²) in [5, 5.41) is 9.30. The Balaban J connectivity index is 2.44. The number of carbonyl (C=O) groups is 1. The lowest BCUT2D eigenvalue weighted by atomic mass is 10.1. The topological polar surface area (TPSA) is 55.8 Å². The molecule has 0 heterocycles. The van der Waals surface area contributed by atoms with Gasteiger partial charge in [-0.05, 0) is 24.6 Å². The minimum absolute atomic E-state index is 0.0432. The van der Waals surface area contributed by atoms with Crippen LogP contribution in [0.2, 0.25) is 0 Å². The summed E-state index contributed by atoms with van der Waals surface area (Å²) >= 11 is 0. The molecule has 2 aromatic rings. The zero-order valence-corrected chi connectivity index (χ0v) is 11.9. The quantitative estimate of drug-likeness (QED) is 0.669. The number of rotatable bonds is 5. The molecular weight excluding hydrogens is 268 g/mol. The summed E-state index contributed by atoms with van der Waals surface area (Å²) < 4.78 is 10.7. The summed E-state index contributed by atoms with van der Waals surface area (Å²) in [7, 11) is 1.41. The third kappa shape index (κ3) is 3.42. The molecular formula is C17H16O4. The van der Waals surface area contributed by atoms with Crippen LogP contribution in [0.5, 0.6) is 11.5 Å². The number of methoxy groups -OCH3 is 1. The molecule has 0 aromatic heterocycles. The van der Waals surface area contributed by atoms with Gasteiger partial charge in [-0.1, -0.05) is 36.4 Å². The smallest absolute Gasteiger partial charge is 0.339 e. The van der Waals surface area contributed by atoms with Crippen LogP contribution in [0.3, 0.4) is 0 Å². The molecule has 0 aliphatic carbocycles. The van der Waals surface area contributed by atoms with Gasteiger partial charge in [0.2, 0.25) is 0 Å². The van der Waals surface area contributed by atoms with Gasteiger partial charge in [0.15, 0.2) is 0 Å². The van der Waals surface area contributed by atoms with Gasteiger partial charge >= 0.3 is 5.97 Å². The van der Waals surface area contributed by atoms with E-state index in [1.807, 2.05) is 31.2 Å². The summed E-state index contributed by atoms with van der Waals surface area (Å²) in [6, 6.07) is 14.5. The first-order valence-electron chi connectivity index (χ1n) is 6.42. The summed E-state index contributed by atoms with van der Waals surface area (Å²) in [6.45, 7) is 1.93. The fraction of sp³-hybridized carbons (Fsp3) is 0.118. The van der Waals surface area contributed by atoms with Crippen molar-refractivity contribution in [2.24, 2.45) is 0 Å². The van der Waals surface area contributed by atoms with Crippen LogP contribution in [-0.4, -0.2) is 18.2 Å². The fourth-order valence-corrected chi connectivity index (χ4v) is 1.91. The highest BCUT2D eigenvalue weighted by atomic mass is 16.5. The Bertz CT molecular complexity index is 674. The monoisotopic (exact) mass is 284 g/mol. The van der Waals surface area contributed by atoms with E-state index < -0.39 is 5.97 Å². The van der Waals surface area contributed by atoms with Crippen molar-refractivity contribution in [3.63, 3.8) is 0 Å². The largest absolute Gasteiger partial charge is 0.503 e. The van der Waals surface area contributed by atoms with E-state index >= 15 is 0 Å². The van der Waals surface area contributed by atoms with Crippen molar-refractivity contribution in [1.29, 1.82) is 0 Å². The van der Waals surface area contributed by atoms with Gasteiger partial charge in [-0.15, -0.1) is 0 Å². The van der Waals surface area contributed by atoms with Crippen molar-refractivity contribution < 1.29 is 19.4 Å². The van der Waals surface area contributed by atoms with Gasteiger partial charge < -0.3 is 14.6 Å². The molecule has 0 radical (unpaired) electrons. The van der Waals surface area contributed by atoms with E-state index in [1.54, 1.807) is 24.3 Å². The average Bonchev–Trinajstić information content (AvgIpc) is 2.48. The number of hydrogen-bond donors (Lipinski definition) is 1. The fourth-order valence-electron chi connectivity index (χ4n) is 1.91. The van der Waals surface area contributed by atoms with Crippen LogP contribution in [-0.2, 0) is 9.53 Å². The summed E-state index contributed by atoms with van der Waals surface area (Å²) in [5.41, 5.74) is 1.48. The number of carboxylic acids is 1. The van der Waals surface area contributed by atoms with Crippen molar-refractivity contribution in [2.75, 3.05) is 7.11 Å². The molecule has 0 saturated heterocycles. The van der Waals surface area contributed by atoms with Gasteiger partial charge in [0.1, 0.15) is 17.1 Å². The second-order valence-electron chi connectivity index (χ2n) is 4.44. The molecule has 0 spiro atoms. The highest BCUT2D eigenvalue weighted by Gasteiger charge is 2.16. The predicted molar refractivity (Wildman–Crippen MR) is 80.3 cm³/mol. The van der Waals surface area contributed by atoms with Crippen LogP contribution < -0.4 is 4.74 Å². The zero-order valence-electron chi connectivity index (χ0n) is 11.9. The van der Waals surface area contributed by atoms with E-state index in [2.05, 4.69) is 0 Å². The maximum atomic E-state index is 11.4. The number of carboxylic acid groups (broad SMARTS) is 1. The zero-order chi connectivity index (χ0) is 15.2. The van der Waals surface area contributed by atoms with E-state index in [1.165, 1.54) is 13.4 Å². The molecule has 0 aliphatic heterocycles. The van der Waals surface area contributed by atoms with Crippen LogP contribution >= 0.6 is 0 Å². The lowest BCUT2D eigenvalue weighted by Gasteiger charge is -2.13. The molecule has 1 N–H and O–H groups in total. The molecule has 21 heavy (non-hydrogen) atoms. The second-order valence-corrected chi connectivity index (χ2v) is 4.44. The van der Waals surface area contributed by atoms with E-state index in [0.29, 0.717) is 17.1 Å². The van der Waals surface area contributed by atoms with Crippen molar-refractivity contribution in [2.45, 2.75) is 6.92 Å². The van der Waals surface area contributed by atoms with E-state index in [9.17, 15) is 9.90 Å². The molecule has 4 nitrogen and oxygen atoms in total. The average molecular weight is 284 g/mol. The first-order chi connectivity index (χ1) is 10.1. The highest BCUT2D eigenvalue weighted by Crippen LogP contribution is 2.31. The molecule has 4 heteroatoms. The Kier molecular flexibility index (Phi) is 4.61. The number of para-hydroxylation sites is 2. The number of benzene rings is 2. The van der Waals surface area contributed by atoms with Crippen molar-refractivity contribution >= 4 is 11.5 Å². The van der Waals surface area contributed by atoms with Crippen LogP contribution in [0.15, 0.2) is 54.8 Å². The third-order valence-corrected chi connectivity index (χ3v) is 2.96. The number of ether oxygens (including phenoxy) is 2. The Labute approximate surface area is 123 Å². The van der Waals surface area contributed by atoms with Gasteiger partial charge in [0.05, 0.1) is 13.4 Å². The lowest BCUT2D eigenvalue weighted by Crippen LogP contribution is -2.02. The second kappa shape index (κ2) is 6.61. The minimum Gasteiger partial charge on any atom is -0.503 e. The van der Waals surface area contributed by atoms with Crippen LogP contribution in [0, 0.1) is 6.92 Å². The molecule has 2 rings (SSSR count). The molecule has 0 bridgehead atoms. The van der Waals surface area contributed by atoms with Gasteiger partial charge in [0.25, 0.3) is 0 Å². The molecule has 2 aromatic carbocycles. The molecule has 0 saturated carbocycles. The molecule has 0 amide bonds. The Morgan fingerprint density at radius 2 is 1.67 bits per heavy atom. The normalized spacial score (nSPS) is 11.0. The van der Waals surface area contributed by atoms with Crippen molar-refractivity contribution in [1.82, 2.24) is 0 Å². The van der Waals surface area contributed by atoms with Gasteiger partial charge in [-0.25, -0.2) is 4.79 Å². The Morgan fingerprint density at radius 1 is 1.05 bits per heavy atom. The van der Waals surface area contributed by atoms with E-state index in [0.717, 1.165) is 5.56 Å². The highest BCUT2D eigenvalue weighted by molar-refractivity contribution is 6.15. The van der Waals surface area contributed by atoms with Crippen molar-refractivity contribution in [3.05, 3.63) is 65.9 Å². The van der Waals surface area contributed by atoms with Crippen LogP contribution in [0.1, 0.15) is 11.1 Å². The molecule has 0 atom stereocenters. The van der Waals surface area contributed by atoms with E-state index in [-0.39, 0.29) is 5.57 Å². The number of aryl methyl sites for hydroxylation is 1. The molecule has 0 aliphatic rings. The third-order valence-electron chi connectivity index (χ3n) is 2.96. The Hall–Kier alpha value is -2.75. The van der Waals surface area contributed by atoms with E-state index in [4.69, 9.17) is 9.47 Å². The maximum Gasteiger partial charge on any atom is 0.339 e. The Morgan fingerprint density at radius 3 is 2.29 bits per heavy atom. The standard InChI is InChI=1S/C17H16O4/c1-12-7-3-5-9-15(12)21-16-10-6-4-8-13(16)14(11-20-2)17(18)19/h3-11H,1-2H3,(H,18,19)/b14-11+. The van der Waals surface area contributed by atoms with Crippen LogP contribution in [0.25, 0.3) is 5.57 Å². The molecule has 108 valence electrons. The summed E-state index contributed by atoms with van der Waals surface area (Å²) in [4.78, 5) is 11.4. The maximum absolute atomic E-state index is 11.4. The van der Waals surface area contributed by atoms with Gasteiger partial charge in [-0.3, -0.25) is 0 Å². The SMILES string of the molecule is CO/C=C(/C(=O)O)c1ccccc1Oc1ccccc1C. The van der Waals surface area contributed by atoms with Crippen molar-refractivity contribution in [3.8, 4) is 11.5 Å². The minimum atomic E-state index is -1.07. The number of hydrogen-bond acceptors (Lipinski definition) is 3. The predicted octanol–water partition coefficient (Wildman–Crippen LogP) is 3.86. The summed E-state index contributed by atoms with van der Waals surface area (Å²) in [6.07, 6.45) is 1.20. The number of aliphatic carboxylic acids is 1. The lowest BCUT2D eigenvalue weighted by molar-refractivity contribution is -0.130. The molecule has 0 fully saturated rings. The van der Waals surface area contributed by atoms with Gasteiger partial charge in [-0.2, -0.15) is 0 Å². The molecule has 0 unspecified atom stereocenters. The first-order valence-corrected chi connectivity index (χ1v) is 6.42. The van der Waals surface area contributed by atoms with Crippen LogP contribution in [0.4, 0.5) is 0 Å². The van der Waals surface area contributed by atoms with Gasteiger partial charge in [0, 0.05) is 5.56 Å².